The minimum Gasteiger partial charge on any atom is -0.507 e. The molecular weight excluding hydrogens is 268 g/mol. The van der Waals surface area contributed by atoms with Gasteiger partial charge in [-0.3, -0.25) is 4.79 Å². The van der Waals surface area contributed by atoms with Gasteiger partial charge in [-0.05, 0) is 19.1 Å². The number of fused-ring (bicyclic) bond motifs is 1. The van der Waals surface area contributed by atoms with Crippen molar-refractivity contribution in [3.8, 4) is 22.8 Å². The molecule has 1 N–H and O–H groups in total. The summed E-state index contributed by atoms with van der Waals surface area (Å²) < 4.78 is 11.3. The van der Waals surface area contributed by atoms with Gasteiger partial charge in [0.05, 0.1) is 6.61 Å². The van der Waals surface area contributed by atoms with Crippen molar-refractivity contribution >= 4 is 11.0 Å². The third-order valence-corrected chi connectivity index (χ3v) is 3.18. The van der Waals surface area contributed by atoms with Gasteiger partial charge in [-0.25, -0.2) is 0 Å². The summed E-state index contributed by atoms with van der Waals surface area (Å²) in [7, 11) is 0. The normalized spacial score (nSPS) is 10.7. The Balaban J connectivity index is 2.39. The molecule has 106 valence electrons. The van der Waals surface area contributed by atoms with Crippen LogP contribution < -0.4 is 10.2 Å². The monoisotopic (exact) mass is 282 g/mol. The van der Waals surface area contributed by atoms with Crippen LogP contribution in [0.25, 0.3) is 22.3 Å². The maximum absolute atomic E-state index is 12.6. The highest BCUT2D eigenvalue weighted by Crippen LogP contribution is 2.33. The molecule has 0 saturated carbocycles. The van der Waals surface area contributed by atoms with Crippen LogP contribution in [0.1, 0.15) is 6.92 Å². The topological polar surface area (TPSA) is 59.7 Å². The lowest BCUT2D eigenvalue weighted by atomic mass is 10.1. The second-order valence-electron chi connectivity index (χ2n) is 4.54. The maximum atomic E-state index is 12.6. The summed E-state index contributed by atoms with van der Waals surface area (Å²) in [4.78, 5) is 12.6. The Hall–Kier alpha value is -2.75. The van der Waals surface area contributed by atoms with E-state index in [1.807, 2.05) is 30.3 Å². The summed E-state index contributed by atoms with van der Waals surface area (Å²) in [5.41, 5.74) is 0.723. The minimum absolute atomic E-state index is 0.109. The number of phenolic OH excluding ortho intramolecular Hbond substituents is 1. The van der Waals surface area contributed by atoms with E-state index in [4.69, 9.17) is 9.15 Å². The van der Waals surface area contributed by atoms with Crippen LogP contribution in [0.5, 0.6) is 11.5 Å². The molecule has 0 fully saturated rings. The first-order valence-corrected chi connectivity index (χ1v) is 6.69. The SMILES string of the molecule is CCOc1c(-c2ccccc2)oc2cccc(O)c2c1=O. The Morgan fingerprint density at radius 1 is 1.10 bits per heavy atom. The Bertz CT molecular complexity index is 835. The van der Waals surface area contributed by atoms with Crippen molar-refractivity contribution in [2.75, 3.05) is 6.61 Å². The average molecular weight is 282 g/mol. The van der Waals surface area contributed by atoms with Crippen molar-refractivity contribution in [1.82, 2.24) is 0 Å². The van der Waals surface area contributed by atoms with E-state index in [9.17, 15) is 9.90 Å². The second kappa shape index (κ2) is 5.32. The molecule has 0 amide bonds. The van der Waals surface area contributed by atoms with Crippen molar-refractivity contribution in [1.29, 1.82) is 0 Å². The molecule has 0 atom stereocenters. The molecule has 3 aromatic rings. The molecule has 4 nitrogen and oxygen atoms in total. The van der Waals surface area contributed by atoms with Crippen LogP contribution in [0.15, 0.2) is 57.7 Å². The van der Waals surface area contributed by atoms with Crippen LogP contribution >= 0.6 is 0 Å². The zero-order valence-corrected chi connectivity index (χ0v) is 11.5. The van der Waals surface area contributed by atoms with E-state index in [1.165, 1.54) is 6.07 Å². The molecule has 0 bridgehead atoms. The molecule has 1 heterocycles. The van der Waals surface area contributed by atoms with E-state index >= 15 is 0 Å². The van der Waals surface area contributed by atoms with Gasteiger partial charge in [-0.1, -0.05) is 36.4 Å². The summed E-state index contributed by atoms with van der Waals surface area (Å²) in [6, 6.07) is 14.0. The summed E-state index contributed by atoms with van der Waals surface area (Å²) >= 11 is 0. The molecule has 0 unspecified atom stereocenters. The number of phenols is 1. The fourth-order valence-corrected chi connectivity index (χ4v) is 2.26. The summed E-state index contributed by atoms with van der Waals surface area (Å²) in [5, 5.41) is 10.0. The quantitative estimate of drug-likeness (QED) is 0.798. The Kier molecular flexibility index (Phi) is 3.36. The third-order valence-electron chi connectivity index (χ3n) is 3.18. The predicted molar refractivity (Wildman–Crippen MR) is 80.8 cm³/mol. The van der Waals surface area contributed by atoms with Crippen LogP contribution in [-0.2, 0) is 0 Å². The van der Waals surface area contributed by atoms with Gasteiger partial charge >= 0.3 is 0 Å². The molecule has 0 radical (unpaired) electrons. The van der Waals surface area contributed by atoms with Gasteiger partial charge in [0, 0.05) is 5.56 Å². The van der Waals surface area contributed by atoms with Gasteiger partial charge in [0.1, 0.15) is 16.7 Å². The van der Waals surface area contributed by atoms with E-state index in [0.29, 0.717) is 18.0 Å². The van der Waals surface area contributed by atoms with Crippen LogP contribution in [-0.4, -0.2) is 11.7 Å². The van der Waals surface area contributed by atoms with E-state index in [0.717, 1.165) is 5.56 Å². The number of aromatic hydroxyl groups is 1. The van der Waals surface area contributed by atoms with Crippen molar-refractivity contribution in [3.63, 3.8) is 0 Å². The minimum atomic E-state index is -0.366. The molecule has 0 aliphatic rings. The van der Waals surface area contributed by atoms with Crippen LogP contribution in [0.2, 0.25) is 0 Å². The lowest BCUT2D eigenvalue weighted by Gasteiger charge is -2.10. The van der Waals surface area contributed by atoms with Crippen LogP contribution in [0, 0.1) is 0 Å². The summed E-state index contributed by atoms with van der Waals surface area (Å²) in [5.74, 6) is 0.389. The van der Waals surface area contributed by atoms with E-state index in [-0.39, 0.29) is 22.3 Å². The first-order chi connectivity index (χ1) is 10.2. The highest BCUT2D eigenvalue weighted by Gasteiger charge is 2.18. The van der Waals surface area contributed by atoms with E-state index < -0.39 is 0 Å². The molecule has 0 aliphatic carbocycles. The summed E-state index contributed by atoms with van der Waals surface area (Å²) in [6.07, 6.45) is 0. The smallest absolute Gasteiger partial charge is 0.239 e. The zero-order valence-electron chi connectivity index (χ0n) is 11.5. The van der Waals surface area contributed by atoms with Crippen LogP contribution in [0.4, 0.5) is 0 Å². The fourth-order valence-electron chi connectivity index (χ4n) is 2.26. The molecule has 21 heavy (non-hydrogen) atoms. The Morgan fingerprint density at radius 3 is 2.57 bits per heavy atom. The number of hydrogen-bond donors (Lipinski definition) is 1. The Morgan fingerprint density at radius 2 is 1.86 bits per heavy atom. The van der Waals surface area contributed by atoms with Gasteiger partial charge in [-0.2, -0.15) is 0 Å². The largest absolute Gasteiger partial charge is 0.507 e. The van der Waals surface area contributed by atoms with Gasteiger partial charge in [-0.15, -0.1) is 0 Å². The Labute approximate surface area is 121 Å². The maximum Gasteiger partial charge on any atom is 0.239 e. The first-order valence-electron chi connectivity index (χ1n) is 6.69. The van der Waals surface area contributed by atoms with Crippen molar-refractivity contribution in [2.24, 2.45) is 0 Å². The zero-order chi connectivity index (χ0) is 14.8. The molecule has 0 spiro atoms. The first kappa shape index (κ1) is 13.2. The van der Waals surface area contributed by atoms with Crippen molar-refractivity contribution < 1.29 is 14.3 Å². The third kappa shape index (κ3) is 2.25. The molecule has 4 heteroatoms. The standard InChI is InChI=1S/C17H14O4/c1-2-20-17-15(19)14-12(18)9-6-10-13(14)21-16(17)11-7-4-3-5-8-11/h3-10,18H,2H2,1H3. The second-order valence-corrected chi connectivity index (χ2v) is 4.54. The fraction of sp³-hybridized carbons (Fsp3) is 0.118. The number of rotatable bonds is 3. The lowest BCUT2D eigenvalue weighted by Crippen LogP contribution is -2.10. The number of hydrogen-bond acceptors (Lipinski definition) is 4. The molecule has 3 rings (SSSR count). The van der Waals surface area contributed by atoms with Gasteiger partial charge in [0.2, 0.25) is 11.2 Å². The molecular formula is C17H14O4. The number of benzene rings is 2. The highest BCUT2D eigenvalue weighted by atomic mass is 16.5. The molecule has 2 aromatic carbocycles. The summed E-state index contributed by atoms with van der Waals surface area (Å²) in [6.45, 7) is 2.13. The molecule has 1 aromatic heterocycles. The number of ether oxygens (including phenoxy) is 1. The average Bonchev–Trinajstić information content (AvgIpc) is 2.51. The van der Waals surface area contributed by atoms with Gasteiger partial charge in [0.25, 0.3) is 0 Å². The van der Waals surface area contributed by atoms with Gasteiger partial charge < -0.3 is 14.3 Å². The van der Waals surface area contributed by atoms with E-state index in [1.54, 1.807) is 19.1 Å². The lowest BCUT2D eigenvalue weighted by molar-refractivity contribution is 0.330. The van der Waals surface area contributed by atoms with Crippen molar-refractivity contribution in [2.45, 2.75) is 6.92 Å². The van der Waals surface area contributed by atoms with Crippen LogP contribution in [0.3, 0.4) is 0 Å². The van der Waals surface area contributed by atoms with Crippen molar-refractivity contribution in [3.05, 3.63) is 58.8 Å². The predicted octanol–water partition coefficient (Wildman–Crippen LogP) is 3.56. The van der Waals surface area contributed by atoms with Gasteiger partial charge in [0.15, 0.2) is 5.76 Å². The highest BCUT2D eigenvalue weighted by molar-refractivity contribution is 5.86. The van der Waals surface area contributed by atoms with E-state index in [2.05, 4.69) is 0 Å². The molecule has 0 aliphatic heterocycles. The molecule has 0 saturated heterocycles.